The molecule has 0 bridgehead atoms. The summed E-state index contributed by atoms with van der Waals surface area (Å²) in [4.78, 5) is 42.7. The van der Waals surface area contributed by atoms with Gasteiger partial charge < -0.3 is 0 Å². The summed E-state index contributed by atoms with van der Waals surface area (Å²) in [5, 5.41) is 10.3. The van der Waals surface area contributed by atoms with Crippen molar-refractivity contribution in [3.8, 4) is 0 Å². The molecule has 10 heteroatoms. The van der Waals surface area contributed by atoms with Crippen molar-refractivity contribution >= 4 is 22.9 Å². The lowest BCUT2D eigenvalue weighted by Gasteiger charge is -2.12. The molecular weight excluding hydrogens is 310 g/mol. The fourth-order valence-corrected chi connectivity index (χ4v) is 2.98. The third-order valence-electron chi connectivity index (χ3n) is 3.18. The molecular formula is C12H15N5O4S. The molecule has 22 heavy (non-hydrogen) atoms. The zero-order valence-corrected chi connectivity index (χ0v) is 13.2. The molecule has 1 unspecified atom stereocenters. The van der Waals surface area contributed by atoms with Crippen LogP contribution < -0.4 is 11.2 Å². The molecule has 0 aliphatic carbocycles. The molecule has 0 aliphatic heterocycles. The second-order valence-electron chi connectivity index (χ2n) is 4.63. The second kappa shape index (κ2) is 6.26. The van der Waals surface area contributed by atoms with Gasteiger partial charge in [-0.2, -0.15) is 0 Å². The lowest BCUT2D eigenvalue weighted by atomic mass is 10.3. The molecule has 0 aliphatic rings. The maximum Gasteiger partial charge on any atom is 0.332 e. The lowest BCUT2D eigenvalue weighted by molar-refractivity contribution is -0.479. The van der Waals surface area contributed by atoms with Crippen molar-refractivity contribution in [2.24, 2.45) is 14.1 Å². The fourth-order valence-electron chi connectivity index (χ4n) is 2.07. The van der Waals surface area contributed by atoms with Crippen molar-refractivity contribution in [3.63, 3.8) is 0 Å². The smallest absolute Gasteiger partial charge is 0.279 e. The Hall–Kier alpha value is -2.23. The number of aromatic nitrogens is 4. The van der Waals surface area contributed by atoms with Gasteiger partial charge in [-0.05, 0) is 5.75 Å². The van der Waals surface area contributed by atoms with E-state index >= 15 is 0 Å². The van der Waals surface area contributed by atoms with E-state index in [4.69, 9.17) is 0 Å². The SMILES string of the molecule is CCSC(C[N+](=O)[O-])c1cnc2c(n1)c(=O)n(C)c(=O)n2C. The lowest BCUT2D eigenvalue weighted by Crippen LogP contribution is -2.37. The van der Waals surface area contributed by atoms with Gasteiger partial charge >= 0.3 is 5.69 Å². The van der Waals surface area contributed by atoms with E-state index in [1.54, 1.807) is 0 Å². The molecule has 2 heterocycles. The molecule has 0 radical (unpaired) electrons. The molecule has 2 aromatic rings. The van der Waals surface area contributed by atoms with Crippen LogP contribution in [0.3, 0.4) is 0 Å². The molecule has 2 rings (SSSR count). The van der Waals surface area contributed by atoms with Gasteiger partial charge in [0, 0.05) is 19.0 Å². The van der Waals surface area contributed by atoms with Gasteiger partial charge in [0.15, 0.2) is 11.2 Å². The van der Waals surface area contributed by atoms with Gasteiger partial charge in [-0.25, -0.2) is 14.8 Å². The fraction of sp³-hybridized carbons (Fsp3) is 0.500. The van der Waals surface area contributed by atoms with Crippen LogP contribution in [-0.2, 0) is 14.1 Å². The van der Waals surface area contributed by atoms with Crippen molar-refractivity contribution in [1.29, 1.82) is 0 Å². The highest BCUT2D eigenvalue weighted by Crippen LogP contribution is 2.27. The van der Waals surface area contributed by atoms with Crippen LogP contribution in [0.4, 0.5) is 0 Å². The summed E-state index contributed by atoms with van der Waals surface area (Å²) >= 11 is 1.36. The van der Waals surface area contributed by atoms with Gasteiger partial charge in [-0.15, -0.1) is 11.8 Å². The Morgan fingerprint density at radius 1 is 1.36 bits per heavy atom. The monoisotopic (exact) mass is 325 g/mol. The number of hydrogen-bond acceptors (Lipinski definition) is 7. The Morgan fingerprint density at radius 3 is 2.64 bits per heavy atom. The van der Waals surface area contributed by atoms with E-state index in [9.17, 15) is 19.7 Å². The predicted molar refractivity (Wildman–Crippen MR) is 82.8 cm³/mol. The van der Waals surface area contributed by atoms with Crippen molar-refractivity contribution in [3.05, 3.63) is 42.8 Å². The molecule has 0 saturated carbocycles. The van der Waals surface area contributed by atoms with Crippen molar-refractivity contribution in [1.82, 2.24) is 19.1 Å². The van der Waals surface area contributed by atoms with Crippen LogP contribution in [-0.4, -0.2) is 36.3 Å². The minimum Gasteiger partial charge on any atom is -0.279 e. The van der Waals surface area contributed by atoms with Gasteiger partial charge in [0.1, 0.15) is 5.25 Å². The topological polar surface area (TPSA) is 113 Å². The number of hydrogen-bond donors (Lipinski definition) is 0. The highest BCUT2D eigenvalue weighted by Gasteiger charge is 2.21. The van der Waals surface area contributed by atoms with E-state index in [1.807, 2.05) is 6.92 Å². The van der Waals surface area contributed by atoms with Crippen molar-refractivity contribution in [2.75, 3.05) is 12.3 Å². The van der Waals surface area contributed by atoms with E-state index in [1.165, 1.54) is 36.6 Å². The average Bonchev–Trinajstić information content (AvgIpc) is 2.49. The molecule has 1 atom stereocenters. The van der Waals surface area contributed by atoms with Crippen LogP contribution in [0.1, 0.15) is 17.9 Å². The van der Waals surface area contributed by atoms with E-state index in [2.05, 4.69) is 9.97 Å². The second-order valence-corrected chi connectivity index (χ2v) is 6.11. The first kappa shape index (κ1) is 16.1. The molecule has 0 aromatic carbocycles. The quantitative estimate of drug-likeness (QED) is 0.566. The average molecular weight is 325 g/mol. The summed E-state index contributed by atoms with van der Waals surface area (Å²) in [5.41, 5.74) is -0.490. The van der Waals surface area contributed by atoms with Crippen LogP contribution in [0.2, 0.25) is 0 Å². The Balaban J connectivity index is 2.66. The predicted octanol–water partition coefficient (Wildman–Crippen LogP) is 0.0981. The van der Waals surface area contributed by atoms with Crippen LogP contribution >= 0.6 is 11.8 Å². The molecule has 0 amide bonds. The number of thioether (sulfide) groups is 1. The Labute approximate surface area is 129 Å². The summed E-state index contributed by atoms with van der Waals surface area (Å²) in [6.45, 7) is 1.58. The summed E-state index contributed by atoms with van der Waals surface area (Å²) in [5.74, 6) is 0.670. The largest absolute Gasteiger partial charge is 0.332 e. The van der Waals surface area contributed by atoms with Crippen molar-refractivity contribution < 1.29 is 4.92 Å². The molecule has 0 saturated heterocycles. The minimum atomic E-state index is -0.561. The molecule has 9 nitrogen and oxygen atoms in total. The Bertz CT molecular complexity index is 844. The van der Waals surface area contributed by atoms with Gasteiger partial charge in [0.05, 0.1) is 11.9 Å². The van der Waals surface area contributed by atoms with Crippen LogP contribution in [0, 0.1) is 10.1 Å². The summed E-state index contributed by atoms with van der Waals surface area (Å²) < 4.78 is 2.17. The zero-order valence-electron chi connectivity index (χ0n) is 12.3. The summed E-state index contributed by atoms with van der Waals surface area (Å²) in [6, 6.07) is 0. The Kier molecular flexibility index (Phi) is 4.59. The zero-order chi connectivity index (χ0) is 16.4. The van der Waals surface area contributed by atoms with Gasteiger partial charge in [-0.1, -0.05) is 6.92 Å². The molecule has 2 aromatic heterocycles. The first-order chi connectivity index (χ1) is 10.4. The maximum atomic E-state index is 12.2. The van der Waals surface area contributed by atoms with Gasteiger partial charge in [-0.3, -0.25) is 24.0 Å². The first-order valence-corrected chi connectivity index (χ1v) is 7.57. The summed E-state index contributed by atoms with van der Waals surface area (Å²) in [7, 11) is 2.85. The first-order valence-electron chi connectivity index (χ1n) is 6.52. The van der Waals surface area contributed by atoms with E-state index < -0.39 is 21.4 Å². The van der Waals surface area contributed by atoms with E-state index in [0.29, 0.717) is 11.4 Å². The van der Waals surface area contributed by atoms with E-state index in [-0.39, 0.29) is 17.7 Å². The molecule has 0 fully saturated rings. The number of fused-ring (bicyclic) bond motifs is 1. The molecule has 0 N–H and O–H groups in total. The van der Waals surface area contributed by atoms with Gasteiger partial charge in [0.25, 0.3) is 5.56 Å². The number of aryl methyl sites for hydroxylation is 1. The van der Waals surface area contributed by atoms with Crippen molar-refractivity contribution in [2.45, 2.75) is 12.2 Å². The minimum absolute atomic E-state index is 0.0344. The number of nitro groups is 1. The maximum absolute atomic E-state index is 12.2. The molecule has 118 valence electrons. The van der Waals surface area contributed by atoms with Gasteiger partial charge in [0.2, 0.25) is 6.54 Å². The van der Waals surface area contributed by atoms with Crippen LogP contribution in [0.25, 0.3) is 11.2 Å². The normalized spacial score (nSPS) is 12.5. The summed E-state index contributed by atoms with van der Waals surface area (Å²) in [6.07, 6.45) is 1.39. The number of nitrogens with zero attached hydrogens (tertiary/aromatic N) is 5. The Morgan fingerprint density at radius 2 is 2.05 bits per heavy atom. The highest BCUT2D eigenvalue weighted by atomic mass is 32.2. The van der Waals surface area contributed by atoms with Crippen LogP contribution in [0.5, 0.6) is 0 Å². The third kappa shape index (κ3) is 2.86. The highest BCUT2D eigenvalue weighted by molar-refractivity contribution is 7.99. The standard InChI is InChI=1S/C12H15N5O4S/c1-4-22-8(6-17(20)21)7-5-13-10-9(14-7)11(18)16(3)12(19)15(10)2/h5,8H,4,6H2,1-3H3. The number of rotatable bonds is 5. The van der Waals surface area contributed by atoms with Crippen LogP contribution in [0.15, 0.2) is 15.8 Å². The molecule has 0 spiro atoms. The third-order valence-corrected chi connectivity index (χ3v) is 4.31. The van der Waals surface area contributed by atoms with E-state index in [0.717, 1.165) is 4.57 Å².